The topological polar surface area (TPSA) is 99.2 Å². The number of amides is 1. The maximum absolute atomic E-state index is 13.2. The van der Waals surface area contributed by atoms with Crippen molar-refractivity contribution in [2.75, 3.05) is 41.7 Å². The lowest BCUT2D eigenvalue weighted by Gasteiger charge is -2.37. The van der Waals surface area contributed by atoms with Crippen molar-refractivity contribution >= 4 is 51.6 Å². The third kappa shape index (κ3) is 6.36. The molecule has 0 bridgehead atoms. The van der Waals surface area contributed by atoms with E-state index >= 15 is 0 Å². The first kappa shape index (κ1) is 28.4. The fourth-order valence-electron chi connectivity index (χ4n) is 4.89. The largest absolute Gasteiger partial charge is 0.412 e. The Balaban J connectivity index is 1.14. The lowest BCUT2D eigenvalue weighted by Crippen LogP contribution is -2.46. The summed E-state index contributed by atoms with van der Waals surface area (Å²) in [6.45, 7) is 4.09. The van der Waals surface area contributed by atoms with E-state index in [1.165, 1.54) is 23.6 Å². The second kappa shape index (κ2) is 11.5. The Kier molecular flexibility index (Phi) is 7.79. The number of hydrogen-bond acceptors (Lipinski definition) is 9. The first-order valence-corrected chi connectivity index (χ1v) is 14.9. The van der Waals surface area contributed by atoms with Crippen molar-refractivity contribution in [3.05, 3.63) is 69.1 Å². The van der Waals surface area contributed by atoms with Gasteiger partial charge in [0.05, 0.1) is 16.9 Å². The number of anilines is 4. The number of nitrogens with zero attached hydrogens (tertiary/aromatic N) is 6. The second-order valence-corrected chi connectivity index (χ2v) is 11.9. The van der Waals surface area contributed by atoms with Crippen LogP contribution in [0.15, 0.2) is 47.8 Å². The highest BCUT2D eigenvalue weighted by Gasteiger charge is 2.35. The van der Waals surface area contributed by atoms with E-state index in [1.807, 2.05) is 34.9 Å². The Morgan fingerprint density at radius 3 is 2.57 bits per heavy atom. The van der Waals surface area contributed by atoms with E-state index in [4.69, 9.17) is 16.6 Å². The Hall–Kier alpha value is -3.71. The molecular formula is C28H28ClF3N8OS. The number of hydrogen-bond donors (Lipinski definition) is 2. The summed E-state index contributed by atoms with van der Waals surface area (Å²) in [5.41, 5.74) is 1.55. The van der Waals surface area contributed by atoms with Gasteiger partial charge in [-0.15, -0.1) is 0 Å². The van der Waals surface area contributed by atoms with E-state index in [-0.39, 0.29) is 18.2 Å². The number of piperazine rings is 1. The molecule has 0 radical (unpaired) electrons. The number of halogens is 4. The van der Waals surface area contributed by atoms with E-state index in [2.05, 4.69) is 25.6 Å². The van der Waals surface area contributed by atoms with Gasteiger partial charge in [0, 0.05) is 43.4 Å². The number of nitrogens with one attached hydrogen (secondary N) is 2. The Morgan fingerprint density at radius 2 is 1.86 bits per heavy atom. The molecule has 2 fully saturated rings. The number of aromatic nitrogens is 4. The van der Waals surface area contributed by atoms with Gasteiger partial charge in [0.2, 0.25) is 11.9 Å². The molecule has 0 unspecified atom stereocenters. The molecule has 1 aliphatic heterocycles. The van der Waals surface area contributed by atoms with Gasteiger partial charge in [-0.3, -0.25) is 10.1 Å². The molecule has 220 valence electrons. The average Bonchev–Trinajstić information content (AvgIpc) is 3.73. The quantitative estimate of drug-likeness (QED) is 0.312. The van der Waals surface area contributed by atoms with Gasteiger partial charge in [-0.05, 0) is 50.3 Å². The number of aryl methyl sites for hydroxylation is 1. The Morgan fingerprint density at radius 1 is 1.10 bits per heavy atom. The molecule has 2 aliphatic carbocycles. The minimum absolute atomic E-state index is 0.0177. The molecule has 42 heavy (non-hydrogen) atoms. The molecular weight excluding hydrogens is 589 g/mol. The lowest BCUT2D eigenvalue weighted by molar-refractivity contribution is -0.0943. The summed E-state index contributed by atoms with van der Waals surface area (Å²) in [5.74, 6) is 1.49. The Labute approximate surface area is 249 Å². The molecule has 1 aromatic carbocycles. The first-order chi connectivity index (χ1) is 20.1. The summed E-state index contributed by atoms with van der Waals surface area (Å²) < 4.78 is 39.7. The van der Waals surface area contributed by atoms with Crippen LogP contribution >= 0.6 is 22.9 Å². The summed E-state index contributed by atoms with van der Waals surface area (Å²) in [7, 11) is 0. The number of thiazole rings is 1. The minimum Gasteiger partial charge on any atom is -0.368 e. The molecule has 14 heteroatoms. The fraction of sp³-hybridized carbons (Fsp3) is 0.393. The van der Waals surface area contributed by atoms with Crippen LogP contribution in [0.1, 0.15) is 52.7 Å². The van der Waals surface area contributed by atoms with Crippen LogP contribution in [0.3, 0.4) is 0 Å². The predicted octanol–water partition coefficient (Wildman–Crippen LogP) is 6.45. The van der Waals surface area contributed by atoms with Crippen LogP contribution in [0, 0.1) is 6.92 Å². The molecule has 2 N–H and O–H groups in total. The highest BCUT2D eigenvalue weighted by molar-refractivity contribution is 7.17. The smallest absolute Gasteiger partial charge is 0.368 e. The van der Waals surface area contributed by atoms with Crippen molar-refractivity contribution in [3.8, 4) is 0 Å². The zero-order valence-electron chi connectivity index (χ0n) is 22.7. The Bertz CT molecular complexity index is 1540. The van der Waals surface area contributed by atoms with E-state index in [9.17, 15) is 18.0 Å². The van der Waals surface area contributed by atoms with E-state index < -0.39 is 11.7 Å². The molecule has 9 nitrogen and oxygen atoms in total. The van der Waals surface area contributed by atoms with E-state index in [1.54, 1.807) is 6.07 Å². The molecule has 0 spiro atoms. The highest BCUT2D eigenvalue weighted by Crippen LogP contribution is 2.39. The number of alkyl halides is 3. The van der Waals surface area contributed by atoms with Crippen LogP contribution in [-0.2, 0) is 0 Å². The summed E-state index contributed by atoms with van der Waals surface area (Å²) in [4.78, 5) is 35.6. The van der Waals surface area contributed by atoms with Crippen molar-refractivity contribution in [2.24, 2.45) is 0 Å². The molecule has 2 aromatic heterocycles. The second-order valence-electron chi connectivity index (χ2n) is 10.4. The van der Waals surface area contributed by atoms with Gasteiger partial charge in [0.1, 0.15) is 10.7 Å². The maximum Gasteiger partial charge on any atom is 0.412 e. The number of carbonyl (C=O) groups is 1. The summed E-state index contributed by atoms with van der Waals surface area (Å²) in [6, 6.07) is 5.40. The van der Waals surface area contributed by atoms with E-state index in [0.717, 1.165) is 18.4 Å². The van der Waals surface area contributed by atoms with Gasteiger partial charge in [-0.1, -0.05) is 41.1 Å². The maximum atomic E-state index is 13.2. The highest BCUT2D eigenvalue weighted by atomic mass is 35.5. The van der Waals surface area contributed by atoms with Crippen molar-refractivity contribution in [2.45, 2.75) is 44.7 Å². The molecule has 6 rings (SSSR count). The first-order valence-electron chi connectivity index (χ1n) is 13.7. The lowest BCUT2D eigenvalue weighted by atomic mass is 10.0. The minimum atomic E-state index is -4.30. The molecule has 1 amide bonds. The molecule has 3 heterocycles. The third-order valence-corrected chi connectivity index (χ3v) is 8.60. The monoisotopic (exact) mass is 616 g/mol. The summed E-state index contributed by atoms with van der Waals surface area (Å²) >= 11 is 7.42. The molecule has 3 aliphatic rings. The summed E-state index contributed by atoms with van der Waals surface area (Å²) in [5, 5.41) is 6.89. The normalized spacial score (nSPS) is 17.5. The third-order valence-electron chi connectivity index (χ3n) is 7.37. The van der Waals surface area contributed by atoms with Crippen LogP contribution < -0.4 is 15.5 Å². The van der Waals surface area contributed by atoms with Crippen LogP contribution in [0.4, 0.5) is 35.9 Å². The summed E-state index contributed by atoms with van der Waals surface area (Å²) in [6.07, 6.45) is 2.73. The fourth-order valence-corrected chi connectivity index (χ4v) is 5.87. The number of carbonyl (C=O) groups excluding carboxylic acids is 1. The van der Waals surface area contributed by atoms with Gasteiger partial charge < -0.3 is 15.1 Å². The van der Waals surface area contributed by atoms with Crippen molar-refractivity contribution in [1.29, 1.82) is 0 Å². The van der Waals surface area contributed by atoms with Crippen molar-refractivity contribution in [1.82, 2.24) is 24.8 Å². The van der Waals surface area contributed by atoms with Gasteiger partial charge in [0.25, 0.3) is 5.91 Å². The number of allylic oxidation sites excluding steroid dienone is 3. The zero-order chi connectivity index (χ0) is 29.4. The number of rotatable bonds is 7. The average molecular weight is 617 g/mol. The van der Waals surface area contributed by atoms with Crippen LogP contribution in [-0.4, -0.2) is 63.1 Å². The van der Waals surface area contributed by atoms with Gasteiger partial charge >= 0.3 is 6.18 Å². The van der Waals surface area contributed by atoms with E-state index in [0.29, 0.717) is 76.7 Å². The molecule has 3 aromatic rings. The van der Waals surface area contributed by atoms with Crippen LogP contribution in [0.25, 0.3) is 0 Å². The van der Waals surface area contributed by atoms with Gasteiger partial charge in [0.15, 0.2) is 5.13 Å². The van der Waals surface area contributed by atoms with Crippen LogP contribution in [0.2, 0.25) is 5.02 Å². The predicted molar refractivity (Wildman–Crippen MR) is 157 cm³/mol. The standard InChI is InChI=1S/C28H28ClF3N8OS/c1-16-4-2-7-20(29)22(16)34-24(41)21-15-33-27(42-21)38-25-35-23(17-8-9-17)36-26(37-25)40-12-10-39(11-13-40)19-6-3-5-18(14-19)28(30,31)32/h2,4,6-7,14-15,17H,3,5,8-13H2,1H3,(H,34,41)(H,33,35,36,37,38). The zero-order valence-corrected chi connectivity index (χ0v) is 24.3. The van der Waals surface area contributed by atoms with Gasteiger partial charge in [-0.2, -0.15) is 28.1 Å². The van der Waals surface area contributed by atoms with Gasteiger partial charge in [-0.25, -0.2) is 4.98 Å². The van der Waals surface area contributed by atoms with Crippen LogP contribution in [0.5, 0.6) is 0 Å². The number of para-hydroxylation sites is 1. The van der Waals surface area contributed by atoms with Crippen molar-refractivity contribution < 1.29 is 18.0 Å². The molecule has 1 saturated heterocycles. The molecule has 1 saturated carbocycles. The molecule has 0 atom stereocenters. The SMILES string of the molecule is Cc1cccc(Cl)c1NC(=O)c1cnc(Nc2nc(C3CC3)nc(N3CCN(C4=CCCC(C(F)(F)F)=C4)CC3)n2)s1. The number of benzene rings is 1. The van der Waals surface area contributed by atoms with Crippen molar-refractivity contribution in [3.63, 3.8) is 0 Å².